The number of aryl methyl sites for hydroxylation is 3. The van der Waals surface area contributed by atoms with Gasteiger partial charge in [0.05, 0.1) is 21.6 Å². The molecular formula is C15H18N4S. The number of nitrogen functional groups attached to an aromatic ring is 1. The quantitative estimate of drug-likeness (QED) is 0.797. The second-order valence-corrected chi connectivity index (χ2v) is 6.08. The normalized spacial score (nSPS) is 11.3. The van der Waals surface area contributed by atoms with Gasteiger partial charge in [0.25, 0.3) is 0 Å². The number of nitrogens with zero attached hydrogens (tertiary/aromatic N) is 3. The highest BCUT2D eigenvalue weighted by Gasteiger charge is 2.17. The number of thiazole rings is 1. The SMILES string of the molecule is CCCn1c(-c2sc(N)nc2C)nc2cc(C)ccc21. The van der Waals surface area contributed by atoms with Crippen molar-refractivity contribution in [2.24, 2.45) is 0 Å². The zero-order chi connectivity index (χ0) is 14.3. The van der Waals surface area contributed by atoms with Crippen LogP contribution in [0.3, 0.4) is 0 Å². The van der Waals surface area contributed by atoms with Crippen LogP contribution in [-0.2, 0) is 6.54 Å². The summed E-state index contributed by atoms with van der Waals surface area (Å²) >= 11 is 1.51. The molecule has 0 aliphatic heterocycles. The Hall–Kier alpha value is -1.88. The van der Waals surface area contributed by atoms with E-state index in [9.17, 15) is 0 Å². The monoisotopic (exact) mass is 286 g/mol. The van der Waals surface area contributed by atoms with E-state index in [2.05, 4.69) is 41.6 Å². The number of nitrogens with two attached hydrogens (primary N) is 1. The highest BCUT2D eigenvalue weighted by molar-refractivity contribution is 7.18. The molecule has 104 valence electrons. The van der Waals surface area contributed by atoms with E-state index in [1.807, 2.05) is 6.92 Å². The summed E-state index contributed by atoms with van der Waals surface area (Å²) in [5, 5.41) is 0.601. The van der Waals surface area contributed by atoms with Gasteiger partial charge in [-0.05, 0) is 38.0 Å². The van der Waals surface area contributed by atoms with Crippen molar-refractivity contribution in [1.82, 2.24) is 14.5 Å². The van der Waals surface area contributed by atoms with Crippen molar-refractivity contribution < 1.29 is 0 Å². The van der Waals surface area contributed by atoms with Crippen LogP contribution in [-0.4, -0.2) is 14.5 Å². The van der Waals surface area contributed by atoms with Crippen molar-refractivity contribution >= 4 is 27.5 Å². The Kier molecular flexibility index (Phi) is 3.22. The van der Waals surface area contributed by atoms with E-state index in [-0.39, 0.29) is 0 Å². The number of benzene rings is 1. The molecular weight excluding hydrogens is 268 g/mol. The van der Waals surface area contributed by atoms with Crippen LogP contribution in [0, 0.1) is 13.8 Å². The molecule has 2 N–H and O–H groups in total. The summed E-state index contributed by atoms with van der Waals surface area (Å²) in [6, 6.07) is 6.41. The third-order valence-corrected chi connectivity index (χ3v) is 4.35. The van der Waals surface area contributed by atoms with Gasteiger partial charge >= 0.3 is 0 Å². The van der Waals surface area contributed by atoms with Crippen LogP contribution in [0.25, 0.3) is 21.7 Å². The number of rotatable bonds is 3. The van der Waals surface area contributed by atoms with Crippen LogP contribution < -0.4 is 5.73 Å². The lowest BCUT2D eigenvalue weighted by molar-refractivity contribution is 0.704. The lowest BCUT2D eigenvalue weighted by Gasteiger charge is -2.06. The molecule has 0 spiro atoms. The van der Waals surface area contributed by atoms with Gasteiger partial charge in [-0.15, -0.1) is 0 Å². The Labute approximate surface area is 122 Å². The Bertz CT molecular complexity index is 770. The Morgan fingerprint density at radius 1 is 1.25 bits per heavy atom. The predicted octanol–water partition coefficient (Wildman–Crippen LogP) is 3.77. The minimum Gasteiger partial charge on any atom is -0.375 e. The van der Waals surface area contributed by atoms with Crippen molar-refractivity contribution in [3.05, 3.63) is 29.5 Å². The fraction of sp³-hybridized carbons (Fsp3) is 0.333. The van der Waals surface area contributed by atoms with Crippen molar-refractivity contribution in [3.8, 4) is 10.7 Å². The van der Waals surface area contributed by atoms with E-state index < -0.39 is 0 Å². The van der Waals surface area contributed by atoms with Gasteiger partial charge < -0.3 is 10.3 Å². The van der Waals surface area contributed by atoms with E-state index in [1.165, 1.54) is 22.4 Å². The standard InChI is InChI=1S/C15H18N4S/c1-4-7-19-12-6-5-9(2)8-11(12)18-14(19)13-10(3)17-15(16)20-13/h5-6,8H,4,7H2,1-3H3,(H2,16,17). The first-order valence-electron chi connectivity index (χ1n) is 6.80. The van der Waals surface area contributed by atoms with E-state index in [4.69, 9.17) is 10.7 Å². The number of anilines is 1. The summed E-state index contributed by atoms with van der Waals surface area (Å²) in [6.45, 7) is 7.21. The largest absolute Gasteiger partial charge is 0.375 e. The van der Waals surface area contributed by atoms with Gasteiger partial charge in [0.2, 0.25) is 0 Å². The summed E-state index contributed by atoms with van der Waals surface area (Å²) in [7, 11) is 0. The fourth-order valence-electron chi connectivity index (χ4n) is 2.49. The smallest absolute Gasteiger partial charge is 0.180 e. The number of imidazole rings is 1. The number of aromatic nitrogens is 3. The highest BCUT2D eigenvalue weighted by Crippen LogP contribution is 2.33. The van der Waals surface area contributed by atoms with Gasteiger partial charge in [-0.3, -0.25) is 0 Å². The van der Waals surface area contributed by atoms with Crippen LogP contribution in [0.1, 0.15) is 24.6 Å². The maximum absolute atomic E-state index is 5.83. The molecule has 0 saturated heterocycles. The third kappa shape index (κ3) is 2.08. The molecule has 3 rings (SSSR count). The lowest BCUT2D eigenvalue weighted by Crippen LogP contribution is -1.99. The first-order valence-corrected chi connectivity index (χ1v) is 7.62. The van der Waals surface area contributed by atoms with Crippen LogP contribution in [0.4, 0.5) is 5.13 Å². The minimum atomic E-state index is 0.601. The molecule has 2 aromatic heterocycles. The van der Waals surface area contributed by atoms with E-state index in [0.717, 1.165) is 34.9 Å². The van der Waals surface area contributed by atoms with Crippen molar-refractivity contribution in [3.63, 3.8) is 0 Å². The zero-order valence-corrected chi connectivity index (χ0v) is 12.8. The number of fused-ring (bicyclic) bond motifs is 1. The summed E-state index contributed by atoms with van der Waals surface area (Å²) in [5.41, 5.74) is 10.2. The molecule has 4 nitrogen and oxygen atoms in total. The fourth-order valence-corrected chi connectivity index (χ4v) is 3.32. The van der Waals surface area contributed by atoms with E-state index >= 15 is 0 Å². The molecule has 0 atom stereocenters. The van der Waals surface area contributed by atoms with Gasteiger partial charge in [0.1, 0.15) is 0 Å². The van der Waals surface area contributed by atoms with Crippen molar-refractivity contribution in [2.75, 3.05) is 5.73 Å². The van der Waals surface area contributed by atoms with E-state index in [1.54, 1.807) is 0 Å². The van der Waals surface area contributed by atoms with Crippen molar-refractivity contribution in [1.29, 1.82) is 0 Å². The Morgan fingerprint density at radius 2 is 2.05 bits per heavy atom. The van der Waals surface area contributed by atoms with Crippen LogP contribution in [0.2, 0.25) is 0 Å². The summed E-state index contributed by atoms with van der Waals surface area (Å²) in [5.74, 6) is 0.985. The average Bonchev–Trinajstić information content (AvgIpc) is 2.90. The number of hydrogen-bond acceptors (Lipinski definition) is 4. The summed E-state index contributed by atoms with van der Waals surface area (Å²) in [4.78, 5) is 10.2. The molecule has 1 aromatic carbocycles. The first-order chi connectivity index (χ1) is 9.60. The molecule has 0 amide bonds. The highest BCUT2D eigenvalue weighted by atomic mass is 32.1. The Morgan fingerprint density at radius 3 is 2.70 bits per heavy atom. The molecule has 0 aliphatic carbocycles. The lowest BCUT2D eigenvalue weighted by atomic mass is 10.2. The topological polar surface area (TPSA) is 56.7 Å². The second kappa shape index (κ2) is 4.90. The van der Waals surface area contributed by atoms with Crippen LogP contribution in [0.5, 0.6) is 0 Å². The molecule has 0 radical (unpaired) electrons. The number of hydrogen-bond donors (Lipinski definition) is 1. The van der Waals surface area contributed by atoms with Crippen LogP contribution >= 0.6 is 11.3 Å². The van der Waals surface area contributed by atoms with E-state index in [0.29, 0.717) is 5.13 Å². The van der Waals surface area contributed by atoms with Gasteiger partial charge in [-0.2, -0.15) is 0 Å². The first kappa shape index (κ1) is 13.1. The Balaban J connectivity index is 2.28. The van der Waals surface area contributed by atoms with Crippen LogP contribution in [0.15, 0.2) is 18.2 Å². The molecule has 0 aliphatic rings. The third-order valence-electron chi connectivity index (χ3n) is 3.37. The molecule has 20 heavy (non-hydrogen) atoms. The molecule has 5 heteroatoms. The van der Waals surface area contributed by atoms with Gasteiger partial charge in [-0.1, -0.05) is 24.3 Å². The zero-order valence-electron chi connectivity index (χ0n) is 12.0. The molecule has 0 fully saturated rings. The van der Waals surface area contributed by atoms with Gasteiger partial charge in [-0.25, -0.2) is 9.97 Å². The minimum absolute atomic E-state index is 0.601. The molecule has 0 unspecified atom stereocenters. The molecule has 0 bridgehead atoms. The van der Waals surface area contributed by atoms with Crippen molar-refractivity contribution in [2.45, 2.75) is 33.7 Å². The second-order valence-electron chi connectivity index (χ2n) is 5.05. The maximum atomic E-state index is 5.83. The molecule has 2 heterocycles. The maximum Gasteiger partial charge on any atom is 0.180 e. The molecule has 0 saturated carbocycles. The van der Waals surface area contributed by atoms with Gasteiger partial charge in [0, 0.05) is 6.54 Å². The van der Waals surface area contributed by atoms with Gasteiger partial charge in [0.15, 0.2) is 11.0 Å². The average molecular weight is 286 g/mol. The predicted molar refractivity (Wildman–Crippen MR) is 85.0 cm³/mol. The molecule has 3 aromatic rings. The summed E-state index contributed by atoms with van der Waals surface area (Å²) < 4.78 is 2.27. The summed E-state index contributed by atoms with van der Waals surface area (Å²) in [6.07, 6.45) is 1.07.